The summed E-state index contributed by atoms with van der Waals surface area (Å²) in [6.45, 7) is 3.78. The van der Waals surface area contributed by atoms with E-state index in [0.717, 1.165) is 18.7 Å². The molecular weight excluding hydrogens is 212 g/mol. The molecule has 0 aromatic heterocycles. The molecule has 96 valence electrons. The van der Waals surface area contributed by atoms with Gasteiger partial charge in [0.2, 0.25) is 5.91 Å². The molecule has 2 rings (SSSR count). The van der Waals surface area contributed by atoms with Gasteiger partial charge in [-0.25, -0.2) is 0 Å². The van der Waals surface area contributed by atoms with E-state index < -0.39 is 0 Å². The largest absolute Gasteiger partial charge is 0.339 e. The third-order valence-electron chi connectivity index (χ3n) is 4.22. The van der Waals surface area contributed by atoms with Crippen LogP contribution in [0.3, 0.4) is 0 Å². The third kappa shape index (κ3) is 2.89. The molecule has 0 atom stereocenters. The van der Waals surface area contributed by atoms with Gasteiger partial charge in [0, 0.05) is 31.8 Å². The van der Waals surface area contributed by atoms with Gasteiger partial charge in [-0.2, -0.15) is 0 Å². The lowest BCUT2D eigenvalue weighted by molar-refractivity contribution is -0.128. The van der Waals surface area contributed by atoms with Crippen molar-refractivity contribution >= 4 is 5.91 Å². The van der Waals surface area contributed by atoms with Gasteiger partial charge >= 0.3 is 0 Å². The fraction of sp³-hybridized carbons (Fsp3) is 0.786. The minimum absolute atomic E-state index is 0.244. The number of carbonyl (C=O) groups excluding carboxylic acids is 1. The fourth-order valence-corrected chi connectivity index (χ4v) is 2.74. The maximum atomic E-state index is 12.3. The smallest absolute Gasteiger partial charge is 0.249 e. The molecule has 1 heterocycles. The molecule has 0 radical (unpaired) electrons. The molecule has 0 aromatic rings. The maximum absolute atomic E-state index is 12.3. The van der Waals surface area contributed by atoms with E-state index in [1.165, 1.54) is 44.1 Å². The number of hydrogen-bond acceptors (Lipinski definition) is 2. The van der Waals surface area contributed by atoms with Crippen molar-refractivity contribution in [3.63, 3.8) is 0 Å². The van der Waals surface area contributed by atoms with Crippen LogP contribution in [0.25, 0.3) is 0 Å². The molecule has 0 bridgehead atoms. The molecule has 3 heteroatoms. The van der Waals surface area contributed by atoms with Gasteiger partial charge in [-0.1, -0.05) is 25.7 Å². The molecule has 2 fully saturated rings. The Kier molecular flexibility index (Phi) is 4.21. The molecule has 0 aromatic carbocycles. The lowest BCUT2D eigenvalue weighted by Gasteiger charge is -2.30. The zero-order valence-corrected chi connectivity index (χ0v) is 11.1. The second kappa shape index (κ2) is 5.67. The van der Waals surface area contributed by atoms with Crippen molar-refractivity contribution in [2.45, 2.75) is 51.5 Å². The van der Waals surface area contributed by atoms with Crippen LogP contribution in [-0.4, -0.2) is 37.0 Å². The van der Waals surface area contributed by atoms with E-state index in [9.17, 15) is 4.79 Å². The molecule has 17 heavy (non-hydrogen) atoms. The van der Waals surface area contributed by atoms with Gasteiger partial charge in [0.05, 0.1) is 0 Å². The van der Waals surface area contributed by atoms with Crippen LogP contribution in [0.5, 0.6) is 0 Å². The van der Waals surface area contributed by atoms with Crippen molar-refractivity contribution in [1.29, 1.82) is 0 Å². The zero-order valence-electron chi connectivity index (χ0n) is 11.1. The number of likely N-dealkylation sites (N-methyl/N-ethyl adjacent to an activating group) is 1. The minimum Gasteiger partial charge on any atom is -0.339 e. The van der Waals surface area contributed by atoms with Gasteiger partial charge in [-0.05, 0) is 25.3 Å². The quantitative estimate of drug-likeness (QED) is 0.588. The highest BCUT2D eigenvalue weighted by molar-refractivity contribution is 5.94. The predicted octanol–water partition coefficient (Wildman–Crippen LogP) is 2.09. The number of amides is 1. The first-order chi connectivity index (χ1) is 8.20. The van der Waals surface area contributed by atoms with Crippen LogP contribution in [0.1, 0.15) is 45.4 Å². The molecule has 1 saturated heterocycles. The van der Waals surface area contributed by atoms with Crippen molar-refractivity contribution in [3.05, 3.63) is 11.1 Å². The summed E-state index contributed by atoms with van der Waals surface area (Å²) in [5.41, 5.74) is 2.26. The number of nitrogens with one attached hydrogen (secondary N) is 1. The first-order valence-corrected chi connectivity index (χ1v) is 6.86. The van der Waals surface area contributed by atoms with Crippen molar-refractivity contribution in [2.75, 3.05) is 20.1 Å². The Balaban J connectivity index is 1.98. The maximum Gasteiger partial charge on any atom is 0.249 e. The Morgan fingerprint density at radius 1 is 1.18 bits per heavy atom. The molecule has 2 aliphatic rings. The molecule has 1 N–H and O–H groups in total. The van der Waals surface area contributed by atoms with Crippen LogP contribution >= 0.6 is 0 Å². The van der Waals surface area contributed by atoms with Crippen LogP contribution in [0.4, 0.5) is 0 Å². The third-order valence-corrected chi connectivity index (χ3v) is 4.22. The first kappa shape index (κ1) is 12.6. The highest BCUT2D eigenvalue weighted by Crippen LogP contribution is 2.23. The topological polar surface area (TPSA) is 32.3 Å². The lowest BCUT2D eigenvalue weighted by Crippen LogP contribution is -2.41. The number of carbonyl (C=O) groups is 1. The van der Waals surface area contributed by atoms with Crippen LogP contribution in [0.2, 0.25) is 0 Å². The second-order valence-electron chi connectivity index (χ2n) is 5.39. The molecule has 1 aliphatic carbocycles. The first-order valence-electron chi connectivity index (χ1n) is 6.86. The normalized spacial score (nSPS) is 21.6. The van der Waals surface area contributed by atoms with Crippen LogP contribution < -0.4 is 5.32 Å². The van der Waals surface area contributed by atoms with E-state index in [2.05, 4.69) is 5.32 Å². The van der Waals surface area contributed by atoms with Crippen LogP contribution in [-0.2, 0) is 4.79 Å². The zero-order chi connectivity index (χ0) is 12.3. The summed E-state index contributed by atoms with van der Waals surface area (Å²) in [5, 5.41) is 3.20. The van der Waals surface area contributed by atoms with Crippen molar-refractivity contribution in [1.82, 2.24) is 10.2 Å². The summed E-state index contributed by atoms with van der Waals surface area (Å²) in [6, 6.07) is 0.466. The SMILES string of the molecule is CC(C(=O)N(C)C1CCCCCC1)=C1CNC1. The molecular formula is C14H24N2O. The second-order valence-corrected chi connectivity index (χ2v) is 5.39. The summed E-state index contributed by atoms with van der Waals surface area (Å²) in [4.78, 5) is 14.3. The Morgan fingerprint density at radius 3 is 2.24 bits per heavy atom. The summed E-state index contributed by atoms with van der Waals surface area (Å²) in [5.74, 6) is 0.244. The fourth-order valence-electron chi connectivity index (χ4n) is 2.74. The Bertz CT molecular complexity index is 308. The standard InChI is InChI=1S/C14H24N2O/c1-11(12-9-15-10-12)14(17)16(2)13-7-5-3-4-6-8-13/h13,15H,3-10H2,1-2H3. The van der Waals surface area contributed by atoms with Gasteiger partial charge < -0.3 is 10.2 Å². The summed E-state index contributed by atoms with van der Waals surface area (Å²) in [7, 11) is 1.98. The van der Waals surface area contributed by atoms with E-state index in [1.54, 1.807) is 0 Å². The highest BCUT2D eigenvalue weighted by Gasteiger charge is 2.24. The van der Waals surface area contributed by atoms with Gasteiger partial charge in [0.15, 0.2) is 0 Å². The lowest BCUT2D eigenvalue weighted by atomic mass is 10.0. The Labute approximate surface area is 104 Å². The van der Waals surface area contributed by atoms with Crippen molar-refractivity contribution in [3.8, 4) is 0 Å². The summed E-state index contributed by atoms with van der Waals surface area (Å²) < 4.78 is 0. The Morgan fingerprint density at radius 2 is 1.76 bits per heavy atom. The van der Waals surface area contributed by atoms with Crippen molar-refractivity contribution in [2.24, 2.45) is 0 Å². The molecule has 1 aliphatic heterocycles. The van der Waals surface area contributed by atoms with Crippen LogP contribution in [0.15, 0.2) is 11.1 Å². The number of rotatable bonds is 2. The summed E-state index contributed by atoms with van der Waals surface area (Å²) >= 11 is 0. The van der Waals surface area contributed by atoms with Gasteiger partial charge in [-0.3, -0.25) is 4.79 Å². The number of hydrogen-bond donors (Lipinski definition) is 1. The molecule has 3 nitrogen and oxygen atoms in total. The molecule has 0 unspecified atom stereocenters. The van der Waals surface area contributed by atoms with Gasteiger partial charge in [0.1, 0.15) is 0 Å². The Hall–Kier alpha value is -0.830. The minimum atomic E-state index is 0.244. The van der Waals surface area contributed by atoms with E-state index in [1.807, 2.05) is 18.9 Å². The molecule has 1 amide bonds. The molecule has 1 saturated carbocycles. The average molecular weight is 236 g/mol. The van der Waals surface area contributed by atoms with E-state index in [0.29, 0.717) is 6.04 Å². The van der Waals surface area contributed by atoms with Gasteiger partial charge in [-0.15, -0.1) is 0 Å². The van der Waals surface area contributed by atoms with E-state index in [4.69, 9.17) is 0 Å². The average Bonchev–Trinajstić information content (AvgIpc) is 2.53. The highest BCUT2D eigenvalue weighted by atomic mass is 16.2. The van der Waals surface area contributed by atoms with E-state index in [-0.39, 0.29) is 5.91 Å². The van der Waals surface area contributed by atoms with Crippen LogP contribution in [0, 0.1) is 0 Å². The van der Waals surface area contributed by atoms with Gasteiger partial charge in [0.25, 0.3) is 0 Å². The monoisotopic (exact) mass is 236 g/mol. The van der Waals surface area contributed by atoms with E-state index >= 15 is 0 Å². The number of nitrogens with zero attached hydrogens (tertiary/aromatic N) is 1. The van der Waals surface area contributed by atoms with Crippen molar-refractivity contribution < 1.29 is 4.79 Å². The molecule has 0 spiro atoms. The predicted molar refractivity (Wildman–Crippen MR) is 69.8 cm³/mol. The summed E-state index contributed by atoms with van der Waals surface area (Å²) in [6.07, 6.45) is 7.59.